The van der Waals surface area contributed by atoms with Crippen molar-refractivity contribution in [1.82, 2.24) is 33.8 Å². The largest absolute Gasteiger partial charge is 0.417 e. The Kier molecular flexibility index (Phi) is 7.35. The smallest absolute Gasteiger partial charge is 0.330 e. The minimum atomic E-state index is -4.71. The van der Waals surface area contributed by atoms with Crippen LogP contribution in [0.2, 0.25) is 5.02 Å². The molecular weight excluding hydrogens is 595 g/mol. The van der Waals surface area contributed by atoms with Crippen LogP contribution in [0.15, 0.2) is 59.8 Å². The minimum absolute atomic E-state index is 0.000212. The maximum atomic E-state index is 14.3. The number of halogens is 4. The maximum Gasteiger partial charge on any atom is 0.417 e. The molecule has 0 bridgehead atoms. The third-order valence-corrected chi connectivity index (χ3v) is 8.28. The molecule has 0 spiro atoms. The van der Waals surface area contributed by atoms with Gasteiger partial charge in [-0.05, 0) is 68.1 Å². The van der Waals surface area contributed by atoms with Gasteiger partial charge in [0.05, 0.1) is 34.7 Å². The van der Waals surface area contributed by atoms with Crippen molar-refractivity contribution < 1.29 is 18.0 Å². The lowest BCUT2D eigenvalue weighted by molar-refractivity contribution is -0.137. The SMILES string of the molecule is CC(C)Cc1cnn2c3c(c(=O)n(-c4ccc(-c5nncn5C)cc4)c12)C[C@H](C)N(C(=O)c1ccc(Cl)c(C(F)(F)F)c1)C3. The fourth-order valence-corrected chi connectivity index (χ4v) is 6.05. The molecule has 0 saturated heterocycles. The summed E-state index contributed by atoms with van der Waals surface area (Å²) >= 11 is 5.79. The highest BCUT2D eigenvalue weighted by Gasteiger charge is 2.36. The van der Waals surface area contributed by atoms with Gasteiger partial charge in [-0.2, -0.15) is 18.3 Å². The van der Waals surface area contributed by atoms with Gasteiger partial charge in [-0.1, -0.05) is 25.4 Å². The summed E-state index contributed by atoms with van der Waals surface area (Å²) in [6.07, 6.45) is -0.505. The number of fused-ring (bicyclic) bond motifs is 3. The molecule has 1 aliphatic heterocycles. The average Bonchev–Trinajstić information content (AvgIpc) is 3.58. The molecule has 0 N–H and O–H groups in total. The van der Waals surface area contributed by atoms with Gasteiger partial charge in [0.2, 0.25) is 0 Å². The number of amides is 1. The molecule has 1 atom stereocenters. The second kappa shape index (κ2) is 10.9. The lowest BCUT2D eigenvalue weighted by Crippen LogP contribution is -2.46. The molecule has 4 heterocycles. The summed E-state index contributed by atoms with van der Waals surface area (Å²) in [4.78, 5) is 29.4. The monoisotopic (exact) mass is 623 g/mol. The van der Waals surface area contributed by atoms with Gasteiger partial charge >= 0.3 is 6.18 Å². The van der Waals surface area contributed by atoms with Crippen LogP contribution in [0.3, 0.4) is 0 Å². The molecule has 0 aliphatic carbocycles. The number of carbonyl (C=O) groups is 1. The standard InChI is InChI=1S/C31H29ClF3N7O2/c1-17(2)11-21-14-37-42-26-15-40(29(43)20-7-10-25(32)24(13-20)31(33,34)35)18(3)12-23(26)30(44)41(28(21)42)22-8-5-19(6-9-22)27-38-36-16-39(27)4/h5-10,13-14,16-18H,11-12,15H2,1-4H3/t18-/m0/s1. The molecule has 13 heteroatoms. The van der Waals surface area contributed by atoms with E-state index >= 15 is 0 Å². The van der Waals surface area contributed by atoms with Crippen LogP contribution in [-0.4, -0.2) is 45.8 Å². The predicted octanol–water partition coefficient (Wildman–Crippen LogP) is 5.74. The molecule has 0 radical (unpaired) electrons. The normalized spacial score (nSPS) is 15.3. The molecule has 44 heavy (non-hydrogen) atoms. The first-order valence-corrected chi connectivity index (χ1v) is 14.5. The van der Waals surface area contributed by atoms with Gasteiger partial charge in [-0.3, -0.25) is 14.2 Å². The fraction of sp³-hybridized carbons (Fsp3) is 0.323. The average molecular weight is 624 g/mol. The van der Waals surface area contributed by atoms with Crippen LogP contribution in [0.1, 0.15) is 53.5 Å². The summed E-state index contributed by atoms with van der Waals surface area (Å²) in [5.41, 5.74) is 2.52. The number of carbonyl (C=O) groups excluding carboxylic acids is 1. The van der Waals surface area contributed by atoms with E-state index in [9.17, 15) is 22.8 Å². The zero-order valence-electron chi connectivity index (χ0n) is 24.4. The predicted molar refractivity (Wildman–Crippen MR) is 159 cm³/mol. The van der Waals surface area contributed by atoms with Gasteiger partial charge in [-0.25, -0.2) is 4.52 Å². The van der Waals surface area contributed by atoms with Crippen molar-refractivity contribution >= 4 is 23.2 Å². The summed E-state index contributed by atoms with van der Waals surface area (Å²) in [7, 11) is 1.85. The van der Waals surface area contributed by atoms with E-state index in [1.165, 1.54) is 11.0 Å². The molecule has 1 amide bonds. The highest BCUT2D eigenvalue weighted by molar-refractivity contribution is 6.31. The zero-order chi connectivity index (χ0) is 31.5. The number of aryl methyl sites for hydroxylation is 1. The molecule has 6 rings (SSSR count). The van der Waals surface area contributed by atoms with Gasteiger partial charge in [0.25, 0.3) is 11.5 Å². The number of aromatic nitrogens is 6. The Balaban J connectivity index is 1.46. The van der Waals surface area contributed by atoms with E-state index in [1.807, 2.05) is 31.3 Å². The third kappa shape index (κ3) is 5.06. The van der Waals surface area contributed by atoms with Crippen molar-refractivity contribution in [3.05, 3.63) is 98.3 Å². The second-order valence-corrected chi connectivity index (χ2v) is 12.0. The summed E-state index contributed by atoms with van der Waals surface area (Å²) in [6, 6.07) is 10.1. The van der Waals surface area contributed by atoms with Gasteiger partial charge < -0.3 is 9.47 Å². The lowest BCUT2D eigenvalue weighted by Gasteiger charge is -2.35. The van der Waals surface area contributed by atoms with Crippen LogP contribution >= 0.6 is 11.6 Å². The van der Waals surface area contributed by atoms with Gasteiger partial charge in [0, 0.05) is 35.3 Å². The Bertz CT molecular complexity index is 1960. The summed E-state index contributed by atoms with van der Waals surface area (Å²) < 4.78 is 45.8. The Morgan fingerprint density at radius 2 is 1.86 bits per heavy atom. The molecule has 0 saturated carbocycles. The molecular formula is C31H29ClF3N7O2. The van der Waals surface area contributed by atoms with Crippen molar-refractivity contribution in [2.24, 2.45) is 13.0 Å². The Morgan fingerprint density at radius 3 is 2.50 bits per heavy atom. The lowest BCUT2D eigenvalue weighted by atomic mass is 9.97. The van der Waals surface area contributed by atoms with Crippen LogP contribution in [-0.2, 0) is 32.6 Å². The highest BCUT2D eigenvalue weighted by Crippen LogP contribution is 2.36. The van der Waals surface area contributed by atoms with Crippen LogP contribution in [0, 0.1) is 5.92 Å². The van der Waals surface area contributed by atoms with E-state index in [4.69, 9.17) is 11.6 Å². The van der Waals surface area contributed by atoms with E-state index in [-0.39, 0.29) is 30.0 Å². The highest BCUT2D eigenvalue weighted by atomic mass is 35.5. The number of rotatable bonds is 5. The quantitative estimate of drug-likeness (QED) is 0.249. The van der Waals surface area contributed by atoms with Gasteiger partial charge in [0.1, 0.15) is 12.0 Å². The molecule has 5 aromatic rings. The van der Waals surface area contributed by atoms with Crippen LogP contribution in [0.25, 0.3) is 22.7 Å². The first-order valence-electron chi connectivity index (χ1n) is 14.1. The van der Waals surface area contributed by atoms with Crippen molar-refractivity contribution in [2.45, 2.75) is 52.4 Å². The van der Waals surface area contributed by atoms with E-state index in [0.717, 1.165) is 23.3 Å². The van der Waals surface area contributed by atoms with Crippen LogP contribution < -0.4 is 5.56 Å². The van der Waals surface area contributed by atoms with E-state index in [0.29, 0.717) is 34.8 Å². The number of nitrogens with zero attached hydrogens (tertiary/aromatic N) is 7. The molecule has 0 unspecified atom stereocenters. The second-order valence-electron chi connectivity index (χ2n) is 11.6. The molecule has 9 nitrogen and oxygen atoms in total. The summed E-state index contributed by atoms with van der Waals surface area (Å²) in [5.74, 6) is 0.370. The van der Waals surface area contributed by atoms with Gasteiger partial charge in [-0.15, -0.1) is 10.2 Å². The fourth-order valence-electron chi connectivity index (χ4n) is 5.83. The van der Waals surface area contributed by atoms with Crippen molar-refractivity contribution in [1.29, 1.82) is 0 Å². The van der Waals surface area contributed by atoms with E-state index in [1.54, 1.807) is 33.1 Å². The Morgan fingerprint density at radius 1 is 1.14 bits per heavy atom. The molecule has 3 aromatic heterocycles. The van der Waals surface area contributed by atoms with Gasteiger partial charge in [0.15, 0.2) is 5.82 Å². The van der Waals surface area contributed by atoms with Crippen molar-refractivity contribution in [2.75, 3.05) is 0 Å². The first-order chi connectivity index (χ1) is 20.8. The first kappa shape index (κ1) is 29.6. The van der Waals surface area contributed by atoms with Crippen molar-refractivity contribution in [3.63, 3.8) is 0 Å². The Hall–Kier alpha value is -4.45. The zero-order valence-corrected chi connectivity index (χ0v) is 25.2. The van der Waals surface area contributed by atoms with Crippen molar-refractivity contribution in [3.8, 4) is 17.1 Å². The number of benzene rings is 2. The molecule has 228 valence electrons. The number of hydrogen-bond donors (Lipinski definition) is 0. The topological polar surface area (TPSA) is 90.3 Å². The number of alkyl halides is 3. The van der Waals surface area contributed by atoms with Crippen LogP contribution in [0.4, 0.5) is 13.2 Å². The maximum absolute atomic E-state index is 14.3. The van der Waals surface area contributed by atoms with E-state index in [2.05, 4.69) is 29.1 Å². The summed E-state index contributed by atoms with van der Waals surface area (Å²) in [5, 5.41) is 12.3. The Labute approximate surface area is 255 Å². The molecule has 2 aromatic carbocycles. The minimum Gasteiger partial charge on any atom is -0.330 e. The molecule has 1 aliphatic rings. The number of hydrogen-bond acceptors (Lipinski definition) is 5. The third-order valence-electron chi connectivity index (χ3n) is 7.95. The molecule has 0 fully saturated rings. The van der Waals surface area contributed by atoms with Crippen LogP contribution in [0.5, 0.6) is 0 Å². The van der Waals surface area contributed by atoms with E-state index < -0.39 is 28.7 Å². The summed E-state index contributed by atoms with van der Waals surface area (Å²) in [6.45, 7) is 5.92.